The molecule has 0 radical (unpaired) electrons. The van der Waals surface area contributed by atoms with Crippen LogP contribution in [0.1, 0.15) is 30.6 Å². The second-order valence-electron chi connectivity index (χ2n) is 5.09. The fourth-order valence-corrected chi connectivity index (χ4v) is 2.38. The van der Waals surface area contributed by atoms with Gasteiger partial charge in [-0.1, -0.05) is 26.1 Å². The Hall–Kier alpha value is -1.07. The Balaban J connectivity index is 2.81. The third-order valence-corrected chi connectivity index (χ3v) is 3.79. The Morgan fingerprint density at radius 1 is 1.35 bits per heavy atom. The number of carbonyl (C=O) groups is 1. The van der Waals surface area contributed by atoms with E-state index >= 15 is 0 Å². The lowest BCUT2D eigenvalue weighted by molar-refractivity contribution is 0.0741. The number of hydrogen-bond acceptors (Lipinski definition) is 3. The Kier molecular flexibility index (Phi) is 7.02. The Bertz CT molecular complexity index is 457. The molecule has 0 fully saturated rings. The summed E-state index contributed by atoms with van der Waals surface area (Å²) in [5.41, 5.74) is 6.25. The molecule has 0 saturated carbocycles. The summed E-state index contributed by atoms with van der Waals surface area (Å²) < 4.78 is 0. The number of thiocarbonyl (C=S) groups is 1. The van der Waals surface area contributed by atoms with Crippen molar-refractivity contribution in [2.45, 2.75) is 25.2 Å². The molecule has 3 nitrogen and oxygen atoms in total. The van der Waals surface area contributed by atoms with Crippen molar-refractivity contribution in [2.75, 3.05) is 19.3 Å². The molecule has 0 heterocycles. The van der Waals surface area contributed by atoms with E-state index in [0.29, 0.717) is 36.0 Å². The highest BCUT2D eigenvalue weighted by atomic mass is 32.2. The molecule has 1 aromatic rings. The molecule has 0 unspecified atom stereocenters. The summed E-state index contributed by atoms with van der Waals surface area (Å²) in [5.74, 6) is 0.457. The second kappa shape index (κ2) is 8.27. The smallest absolute Gasteiger partial charge is 0.253 e. The van der Waals surface area contributed by atoms with Crippen LogP contribution in [0.5, 0.6) is 0 Å². The fourth-order valence-electron chi connectivity index (χ4n) is 1.88. The zero-order chi connectivity index (χ0) is 15.1. The number of carbonyl (C=O) groups excluding carboxylic acids is 1. The fraction of sp³-hybridized carbons (Fsp3) is 0.467. The third kappa shape index (κ3) is 5.51. The molecule has 0 aromatic heterocycles. The molecule has 1 rings (SSSR count). The van der Waals surface area contributed by atoms with E-state index in [2.05, 4.69) is 13.8 Å². The molecule has 0 saturated heterocycles. The number of hydrogen-bond donors (Lipinski definition) is 1. The van der Waals surface area contributed by atoms with Gasteiger partial charge in [-0.2, -0.15) is 0 Å². The summed E-state index contributed by atoms with van der Waals surface area (Å²) in [7, 11) is 0. The van der Waals surface area contributed by atoms with Crippen LogP contribution < -0.4 is 5.73 Å². The van der Waals surface area contributed by atoms with Gasteiger partial charge in [-0.05, 0) is 36.4 Å². The molecule has 1 aromatic carbocycles. The standard InChI is InChI=1S/C15H22N2OS2/c1-11(2)10-17(9-8-14(16)19)15(18)12-4-6-13(20-3)7-5-12/h4-7,11H,8-10H2,1-3H3,(H2,16,19). The minimum absolute atomic E-state index is 0.0441. The van der Waals surface area contributed by atoms with Crippen molar-refractivity contribution < 1.29 is 4.79 Å². The number of amides is 1. The van der Waals surface area contributed by atoms with Gasteiger partial charge < -0.3 is 10.6 Å². The first-order chi connectivity index (χ1) is 9.43. The molecule has 110 valence electrons. The molecule has 20 heavy (non-hydrogen) atoms. The summed E-state index contributed by atoms with van der Waals surface area (Å²) in [4.78, 5) is 16.0. The van der Waals surface area contributed by atoms with Crippen molar-refractivity contribution in [3.8, 4) is 0 Å². The van der Waals surface area contributed by atoms with E-state index in [1.165, 1.54) is 0 Å². The molecule has 0 spiro atoms. The number of rotatable bonds is 7. The minimum Gasteiger partial charge on any atom is -0.393 e. The van der Waals surface area contributed by atoms with E-state index in [-0.39, 0.29) is 5.91 Å². The lowest BCUT2D eigenvalue weighted by Gasteiger charge is -2.24. The Labute approximate surface area is 130 Å². The van der Waals surface area contributed by atoms with Gasteiger partial charge in [0.25, 0.3) is 5.91 Å². The molecule has 0 aliphatic rings. The molecule has 1 amide bonds. The van der Waals surface area contributed by atoms with Gasteiger partial charge in [0.05, 0.1) is 4.99 Å². The monoisotopic (exact) mass is 310 g/mol. The molecule has 2 N–H and O–H groups in total. The highest BCUT2D eigenvalue weighted by molar-refractivity contribution is 7.98. The van der Waals surface area contributed by atoms with Crippen LogP contribution in [0, 0.1) is 5.92 Å². The van der Waals surface area contributed by atoms with E-state index in [0.717, 1.165) is 4.90 Å². The normalized spacial score (nSPS) is 10.6. The van der Waals surface area contributed by atoms with Crippen LogP contribution in [0.25, 0.3) is 0 Å². The average Bonchev–Trinajstić information content (AvgIpc) is 2.42. The summed E-state index contributed by atoms with van der Waals surface area (Å²) in [6.45, 7) is 5.48. The molecule has 0 atom stereocenters. The first-order valence-corrected chi connectivity index (χ1v) is 8.29. The van der Waals surface area contributed by atoms with E-state index in [1.807, 2.05) is 35.4 Å². The second-order valence-corrected chi connectivity index (χ2v) is 6.49. The summed E-state index contributed by atoms with van der Waals surface area (Å²) in [5, 5.41) is 0. The van der Waals surface area contributed by atoms with Crippen molar-refractivity contribution in [2.24, 2.45) is 11.7 Å². The highest BCUT2D eigenvalue weighted by Gasteiger charge is 2.16. The van der Waals surface area contributed by atoms with Crippen LogP contribution in [0.15, 0.2) is 29.2 Å². The van der Waals surface area contributed by atoms with Crippen LogP contribution in [0.3, 0.4) is 0 Å². The van der Waals surface area contributed by atoms with Crippen LogP contribution in [-0.2, 0) is 0 Å². The van der Waals surface area contributed by atoms with Gasteiger partial charge in [-0.3, -0.25) is 4.79 Å². The highest BCUT2D eigenvalue weighted by Crippen LogP contribution is 2.16. The van der Waals surface area contributed by atoms with Crippen LogP contribution in [0.2, 0.25) is 0 Å². The van der Waals surface area contributed by atoms with E-state index in [4.69, 9.17) is 18.0 Å². The first-order valence-electron chi connectivity index (χ1n) is 6.65. The van der Waals surface area contributed by atoms with Crippen LogP contribution in [-0.4, -0.2) is 35.1 Å². The Morgan fingerprint density at radius 3 is 2.40 bits per heavy atom. The zero-order valence-corrected chi connectivity index (χ0v) is 13.9. The maximum absolute atomic E-state index is 12.5. The van der Waals surface area contributed by atoms with Gasteiger partial charge in [0.2, 0.25) is 0 Å². The number of benzene rings is 1. The van der Waals surface area contributed by atoms with Gasteiger partial charge in [0.1, 0.15) is 0 Å². The molecule has 0 aliphatic heterocycles. The van der Waals surface area contributed by atoms with Crippen molar-refractivity contribution >= 4 is 34.9 Å². The van der Waals surface area contributed by atoms with Gasteiger partial charge in [0.15, 0.2) is 0 Å². The van der Waals surface area contributed by atoms with Crippen LogP contribution >= 0.6 is 24.0 Å². The maximum Gasteiger partial charge on any atom is 0.253 e. The lowest BCUT2D eigenvalue weighted by Crippen LogP contribution is -2.36. The van der Waals surface area contributed by atoms with Crippen molar-refractivity contribution in [3.05, 3.63) is 29.8 Å². The van der Waals surface area contributed by atoms with Gasteiger partial charge in [0, 0.05) is 30.0 Å². The minimum atomic E-state index is 0.0441. The van der Waals surface area contributed by atoms with Gasteiger partial charge >= 0.3 is 0 Å². The first kappa shape index (κ1) is 17.0. The van der Waals surface area contributed by atoms with Crippen molar-refractivity contribution in [1.82, 2.24) is 4.90 Å². The molecule has 0 aliphatic carbocycles. The van der Waals surface area contributed by atoms with Gasteiger partial charge in [-0.15, -0.1) is 11.8 Å². The predicted molar refractivity (Wildman–Crippen MR) is 90.4 cm³/mol. The Morgan fingerprint density at radius 2 is 1.95 bits per heavy atom. The number of thioether (sulfide) groups is 1. The SMILES string of the molecule is CSc1ccc(C(=O)N(CCC(N)=S)CC(C)C)cc1. The van der Waals surface area contributed by atoms with Gasteiger partial charge in [-0.25, -0.2) is 0 Å². The summed E-state index contributed by atoms with van der Waals surface area (Å²) >= 11 is 6.56. The maximum atomic E-state index is 12.5. The lowest BCUT2D eigenvalue weighted by atomic mass is 10.1. The molecular weight excluding hydrogens is 288 g/mol. The third-order valence-electron chi connectivity index (χ3n) is 2.84. The van der Waals surface area contributed by atoms with E-state index in [1.54, 1.807) is 11.8 Å². The molecule has 5 heteroatoms. The van der Waals surface area contributed by atoms with E-state index in [9.17, 15) is 4.79 Å². The molecular formula is C15H22N2OS2. The molecule has 0 bridgehead atoms. The van der Waals surface area contributed by atoms with Crippen molar-refractivity contribution in [1.29, 1.82) is 0 Å². The summed E-state index contributed by atoms with van der Waals surface area (Å²) in [6.07, 6.45) is 2.58. The topological polar surface area (TPSA) is 46.3 Å². The predicted octanol–water partition coefficient (Wildman–Crippen LogP) is 3.18. The average molecular weight is 310 g/mol. The zero-order valence-electron chi connectivity index (χ0n) is 12.3. The summed E-state index contributed by atoms with van der Waals surface area (Å²) in [6, 6.07) is 7.70. The largest absolute Gasteiger partial charge is 0.393 e. The number of nitrogens with zero attached hydrogens (tertiary/aromatic N) is 1. The van der Waals surface area contributed by atoms with E-state index < -0.39 is 0 Å². The quantitative estimate of drug-likeness (QED) is 0.620. The number of nitrogens with two attached hydrogens (primary N) is 1. The van der Waals surface area contributed by atoms with Crippen molar-refractivity contribution in [3.63, 3.8) is 0 Å². The van der Waals surface area contributed by atoms with Crippen LogP contribution in [0.4, 0.5) is 0 Å².